The van der Waals surface area contributed by atoms with Gasteiger partial charge in [0, 0.05) is 32.2 Å². The highest BCUT2D eigenvalue weighted by atomic mass is 16.5. The Kier molecular flexibility index (Phi) is 4.41. The van der Waals surface area contributed by atoms with Gasteiger partial charge in [-0.2, -0.15) is 0 Å². The third-order valence-electron chi connectivity index (χ3n) is 4.44. The van der Waals surface area contributed by atoms with E-state index in [1.54, 1.807) is 13.3 Å². The van der Waals surface area contributed by atoms with Gasteiger partial charge in [-0.25, -0.2) is 0 Å². The summed E-state index contributed by atoms with van der Waals surface area (Å²) in [4.78, 5) is 9.35. The molecule has 0 unspecified atom stereocenters. The molecule has 3 rings (SSSR count). The number of likely N-dealkylation sites (tertiary alicyclic amines) is 1. The van der Waals surface area contributed by atoms with Gasteiger partial charge in [0.2, 0.25) is 0 Å². The largest absolute Gasteiger partial charge is 0.495 e. The zero-order valence-corrected chi connectivity index (χ0v) is 12.7. The number of hydrogen-bond acceptors (Lipinski definition) is 5. The van der Waals surface area contributed by atoms with E-state index in [9.17, 15) is 0 Å². The summed E-state index contributed by atoms with van der Waals surface area (Å²) in [6.07, 6.45) is 7.28. The Labute approximate surface area is 126 Å². The van der Waals surface area contributed by atoms with Crippen molar-refractivity contribution >= 4 is 11.8 Å². The molecule has 2 N–H and O–H groups in total. The van der Waals surface area contributed by atoms with E-state index in [0.717, 1.165) is 44.2 Å². The molecule has 2 aliphatic rings. The first-order valence-electron chi connectivity index (χ1n) is 7.68. The van der Waals surface area contributed by atoms with Crippen molar-refractivity contribution in [3.05, 3.63) is 24.0 Å². The van der Waals surface area contributed by atoms with Gasteiger partial charge >= 0.3 is 0 Å². The number of nitrogens with zero attached hydrogens (tertiary/aromatic N) is 3. The van der Waals surface area contributed by atoms with Gasteiger partial charge in [0.1, 0.15) is 5.75 Å². The quantitative estimate of drug-likeness (QED) is 0.882. The van der Waals surface area contributed by atoms with Crippen LogP contribution in [0.1, 0.15) is 12.1 Å². The van der Waals surface area contributed by atoms with Crippen LogP contribution in [0.4, 0.5) is 5.69 Å². The Morgan fingerprint density at radius 3 is 3.10 bits per heavy atom. The van der Waals surface area contributed by atoms with Crippen LogP contribution < -0.4 is 15.4 Å². The lowest BCUT2D eigenvalue weighted by molar-refractivity contribution is 0.331. The topological polar surface area (TPSA) is 54.6 Å². The number of hydrogen-bond donors (Lipinski definition) is 1. The van der Waals surface area contributed by atoms with E-state index in [1.807, 2.05) is 0 Å². The molecule has 0 saturated carbocycles. The molecule has 1 saturated heterocycles. The summed E-state index contributed by atoms with van der Waals surface area (Å²) in [6.45, 7) is 6.17. The minimum absolute atomic E-state index is 0.681. The fraction of sp³-hybridized carbons (Fsp3) is 0.562. The van der Waals surface area contributed by atoms with Crippen LogP contribution >= 0.6 is 0 Å². The van der Waals surface area contributed by atoms with Gasteiger partial charge in [0.05, 0.1) is 24.7 Å². The first-order chi connectivity index (χ1) is 10.3. The smallest absolute Gasteiger partial charge is 0.139 e. The molecule has 0 bridgehead atoms. The summed E-state index contributed by atoms with van der Waals surface area (Å²) in [7, 11) is 1.68. The second-order valence-electron chi connectivity index (χ2n) is 5.82. The number of aromatic nitrogens is 1. The maximum absolute atomic E-state index is 5.76. The molecule has 1 atom stereocenters. The standard InChI is InChI=1S/C16H24N4O/c1-21-14-9-16-15(18-11-14)3-2-5-20(16)8-7-19-6-4-13(10-17)12-19/h2-3,9,11,13H,4-8,10,12,17H2,1H3/t13-/m0/s1. The lowest BCUT2D eigenvalue weighted by Crippen LogP contribution is -2.36. The summed E-state index contributed by atoms with van der Waals surface area (Å²) >= 11 is 0. The second kappa shape index (κ2) is 6.45. The van der Waals surface area contributed by atoms with Crippen molar-refractivity contribution < 1.29 is 4.74 Å². The Morgan fingerprint density at radius 1 is 1.43 bits per heavy atom. The molecule has 3 heterocycles. The molecule has 0 aliphatic carbocycles. The fourth-order valence-corrected chi connectivity index (χ4v) is 3.11. The van der Waals surface area contributed by atoms with E-state index < -0.39 is 0 Å². The van der Waals surface area contributed by atoms with Gasteiger partial charge in [-0.05, 0) is 31.5 Å². The molecular formula is C16H24N4O. The van der Waals surface area contributed by atoms with E-state index >= 15 is 0 Å². The summed E-state index contributed by atoms with van der Waals surface area (Å²) in [6, 6.07) is 2.08. The van der Waals surface area contributed by atoms with Crippen LogP contribution in [-0.2, 0) is 0 Å². The minimum atomic E-state index is 0.681. The molecule has 0 amide bonds. The van der Waals surface area contributed by atoms with Crippen LogP contribution in [0.3, 0.4) is 0 Å². The molecule has 1 aromatic heterocycles. The first kappa shape index (κ1) is 14.4. The van der Waals surface area contributed by atoms with Crippen LogP contribution in [0.5, 0.6) is 5.75 Å². The van der Waals surface area contributed by atoms with Gasteiger partial charge < -0.3 is 20.3 Å². The Morgan fingerprint density at radius 2 is 2.33 bits per heavy atom. The van der Waals surface area contributed by atoms with Gasteiger partial charge in [-0.3, -0.25) is 4.98 Å². The monoisotopic (exact) mass is 288 g/mol. The summed E-state index contributed by atoms with van der Waals surface area (Å²) < 4.78 is 5.30. The molecule has 2 aliphatic heterocycles. The van der Waals surface area contributed by atoms with Crippen LogP contribution in [0.2, 0.25) is 0 Å². The second-order valence-corrected chi connectivity index (χ2v) is 5.82. The normalized spacial score (nSPS) is 21.6. The maximum Gasteiger partial charge on any atom is 0.139 e. The molecule has 0 aromatic carbocycles. The average molecular weight is 288 g/mol. The van der Waals surface area contributed by atoms with Crippen LogP contribution in [0, 0.1) is 5.92 Å². The van der Waals surface area contributed by atoms with Gasteiger partial charge in [-0.1, -0.05) is 6.08 Å². The van der Waals surface area contributed by atoms with Crippen molar-refractivity contribution in [3.8, 4) is 5.75 Å². The number of ether oxygens (including phenoxy) is 1. The van der Waals surface area contributed by atoms with E-state index in [2.05, 4.69) is 33.0 Å². The van der Waals surface area contributed by atoms with Crippen LogP contribution in [0.25, 0.3) is 6.08 Å². The Bertz CT molecular complexity index is 517. The van der Waals surface area contributed by atoms with E-state index in [0.29, 0.717) is 5.92 Å². The maximum atomic E-state index is 5.76. The van der Waals surface area contributed by atoms with Crippen LogP contribution in [-0.4, -0.2) is 56.3 Å². The van der Waals surface area contributed by atoms with Crippen molar-refractivity contribution in [2.45, 2.75) is 6.42 Å². The lowest BCUT2D eigenvalue weighted by Gasteiger charge is -2.29. The summed E-state index contributed by atoms with van der Waals surface area (Å²) in [5.74, 6) is 1.50. The highest BCUT2D eigenvalue weighted by molar-refractivity contribution is 5.69. The third-order valence-corrected chi connectivity index (χ3v) is 4.44. The molecular weight excluding hydrogens is 264 g/mol. The number of methoxy groups -OCH3 is 1. The van der Waals surface area contributed by atoms with Crippen molar-refractivity contribution in [1.29, 1.82) is 0 Å². The highest BCUT2D eigenvalue weighted by Gasteiger charge is 2.22. The van der Waals surface area contributed by atoms with Gasteiger partial charge in [0.15, 0.2) is 0 Å². The number of pyridine rings is 1. The molecule has 1 fully saturated rings. The Hall–Kier alpha value is -1.59. The number of rotatable bonds is 5. The zero-order chi connectivity index (χ0) is 14.7. The SMILES string of the molecule is COc1cnc2c(c1)N(CCN1CC[C@@H](CN)C1)CC=C2. The number of anilines is 1. The first-order valence-corrected chi connectivity index (χ1v) is 7.68. The fourth-order valence-electron chi connectivity index (χ4n) is 3.11. The predicted octanol–water partition coefficient (Wildman–Crippen LogP) is 1.20. The van der Waals surface area contributed by atoms with E-state index in [-0.39, 0.29) is 0 Å². The summed E-state index contributed by atoms with van der Waals surface area (Å²) in [5, 5.41) is 0. The molecule has 0 spiro atoms. The molecule has 114 valence electrons. The minimum Gasteiger partial charge on any atom is -0.495 e. The van der Waals surface area contributed by atoms with Crippen molar-refractivity contribution in [2.75, 3.05) is 51.3 Å². The third kappa shape index (κ3) is 3.19. The van der Waals surface area contributed by atoms with E-state index in [4.69, 9.17) is 10.5 Å². The molecule has 0 radical (unpaired) electrons. The number of nitrogens with two attached hydrogens (primary N) is 1. The van der Waals surface area contributed by atoms with Gasteiger partial charge in [-0.15, -0.1) is 0 Å². The van der Waals surface area contributed by atoms with Gasteiger partial charge in [0.25, 0.3) is 0 Å². The number of fused-ring (bicyclic) bond motifs is 1. The van der Waals surface area contributed by atoms with E-state index in [1.165, 1.54) is 18.7 Å². The van der Waals surface area contributed by atoms with Crippen LogP contribution in [0.15, 0.2) is 18.3 Å². The molecule has 5 nitrogen and oxygen atoms in total. The molecule has 21 heavy (non-hydrogen) atoms. The zero-order valence-electron chi connectivity index (χ0n) is 12.7. The molecule has 1 aromatic rings. The predicted molar refractivity (Wildman–Crippen MR) is 85.6 cm³/mol. The molecule has 5 heteroatoms. The van der Waals surface area contributed by atoms with Crippen molar-refractivity contribution in [2.24, 2.45) is 11.7 Å². The Balaban J connectivity index is 1.63. The average Bonchev–Trinajstić information content (AvgIpc) is 3.00. The van der Waals surface area contributed by atoms with Crippen molar-refractivity contribution in [3.63, 3.8) is 0 Å². The highest BCUT2D eigenvalue weighted by Crippen LogP contribution is 2.28. The summed E-state index contributed by atoms with van der Waals surface area (Å²) in [5.41, 5.74) is 7.97. The lowest BCUT2D eigenvalue weighted by atomic mass is 10.1. The van der Waals surface area contributed by atoms with Crippen molar-refractivity contribution in [1.82, 2.24) is 9.88 Å².